The highest BCUT2D eigenvalue weighted by Gasteiger charge is 2.53. The molecule has 6 rings (SSSR count). The molecule has 9 nitrogen and oxygen atoms in total. The predicted molar refractivity (Wildman–Crippen MR) is 155 cm³/mol. The number of nitrogens with one attached hydrogen (secondary N) is 1. The Morgan fingerprint density at radius 2 is 1.86 bits per heavy atom. The Hall–Kier alpha value is -2.54. The molecular formula is C30H38ClF3N4O5. The van der Waals surface area contributed by atoms with Crippen molar-refractivity contribution in [2.45, 2.75) is 57.2 Å². The first-order valence-electron chi connectivity index (χ1n) is 15.1. The molecule has 3 heterocycles. The molecule has 2 aliphatic carbocycles. The molecule has 4 aliphatic rings. The van der Waals surface area contributed by atoms with Gasteiger partial charge in [0.25, 0.3) is 5.56 Å². The molecule has 1 N–H and O–H groups in total. The van der Waals surface area contributed by atoms with E-state index in [2.05, 4.69) is 27.0 Å². The number of rotatable bonds is 9. The van der Waals surface area contributed by atoms with E-state index < -0.39 is 6.36 Å². The van der Waals surface area contributed by atoms with Crippen molar-refractivity contribution in [2.24, 2.45) is 23.7 Å². The van der Waals surface area contributed by atoms with E-state index in [4.69, 9.17) is 25.8 Å². The number of aromatic nitrogens is 2. The first-order chi connectivity index (χ1) is 20.7. The smallest absolute Gasteiger partial charge is 0.406 e. The largest absolute Gasteiger partial charge is 0.573 e. The van der Waals surface area contributed by atoms with Crippen LogP contribution in [-0.2, 0) is 14.2 Å². The third-order valence-corrected chi connectivity index (χ3v) is 9.83. The van der Waals surface area contributed by atoms with Gasteiger partial charge in [-0.2, -0.15) is 5.10 Å². The van der Waals surface area contributed by atoms with Crippen LogP contribution in [-0.4, -0.2) is 74.4 Å². The SMILES string of the molecule is C[C@H]1[C@H]2COC[C@@H](CNc3cnn(C4CCC(N(C[C@@H]5COCCO5)c5ccc(OC(F)(F)F)cc5)CC4)c(=O)c3Cl)[C@@H]12. The summed E-state index contributed by atoms with van der Waals surface area (Å²) in [4.78, 5) is 15.4. The van der Waals surface area contributed by atoms with Gasteiger partial charge in [0.2, 0.25) is 0 Å². The fourth-order valence-corrected chi connectivity index (χ4v) is 7.33. The van der Waals surface area contributed by atoms with Crippen LogP contribution in [0.15, 0.2) is 35.3 Å². The van der Waals surface area contributed by atoms with E-state index in [9.17, 15) is 18.0 Å². The monoisotopic (exact) mass is 626 g/mol. The summed E-state index contributed by atoms with van der Waals surface area (Å²) in [5.41, 5.74) is 1.01. The molecule has 43 heavy (non-hydrogen) atoms. The van der Waals surface area contributed by atoms with Gasteiger partial charge in [-0.15, -0.1) is 13.2 Å². The van der Waals surface area contributed by atoms with Crippen LogP contribution in [0.2, 0.25) is 5.02 Å². The molecule has 0 amide bonds. The summed E-state index contributed by atoms with van der Waals surface area (Å²) in [6, 6.07) is 5.91. The summed E-state index contributed by atoms with van der Waals surface area (Å²) in [6.45, 7) is 6.54. The third-order valence-electron chi connectivity index (χ3n) is 9.46. The minimum Gasteiger partial charge on any atom is -0.406 e. The average molecular weight is 627 g/mol. The summed E-state index contributed by atoms with van der Waals surface area (Å²) in [7, 11) is 0. The minimum atomic E-state index is -4.75. The fourth-order valence-electron chi connectivity index (χ4n) is 7.13. The molecule has 5 atom stereocenters. The lowest BCUT2D eigenvalue weighted by molar-refractivity contribution is -0.274. The van der Waals surface area contributed by atoms with Crippen molar-refractivity contribution in [1.29, 1.82) is 0 Å². The van der Waals surface area contributed by atoms with Crippen molar-refractivity contribution in [2.75, 3.05) is 56.3 Å². The lowest BCUT2D eigenvalue weighted by Gasteiger charge is -2.40. The summed E-state index contributed by atoms with van der Waals surface area (Å²) in [5, 5.41) is 7.99. The van der Waals surface area contributed by atoms with E-state index in [1.54, 1.807) is 18.3 Å². The second-order valence-corrected chi connectivity index (χ2v) is 12.5. The molecule has 0 bridgehead atoms. The summed E-state index contributed by atoms with van der Waals surface area (Å²) in [6.07, 6.45) is -0.344. The highest BCUT2D eigenvalue weighted by Crippen LogP contribution is 2.53. The topological polar surface area (TPSA) is 87.1 Å². The maximum absolute atomic E-state index is 13.3. The maximum atomic E-state index is 13.3. The van der Waals surface area contributed by atoms with Crippen molar-refractivity contribution in [3.05, 3.63) is 45.8 Å². The minimum absolute atomic E-state index is 0.0922. The zero-order chi connectivity index (χ0) is 30.1. The number of fused-ring (bicyclic) bond motifs is 1. The van der Waals surface area contributed by atoms with Gasteiger partial charge in [-0.05, 0) is 67.7 Å². The molecule has 1 aromatic heterocycles. The second-order valence-electron chi connectivity index (χ2n) is 12.1. The average Bonchev–Trinajstić information content (AvgIpc) is 3.67. The molecular weight excluding hydrogens is 589 g/mol. The van der Waals surface area contributed by atoms with E-state index in [-0.39, 0.29) is 34.5 Å². The lowest BCUT2D eigenvalue weighted by Crippen LogP contribution is -2.46. The first-order valence-corrected chi connectivity index (χ1v) is 15.5. The highest BCUT2D eigenvalue weighted by molar-refractivity contribution is 6.32. The second kappa shape index (κ2) is 12.8. The van der Waals surface area contributed by atoms with Gasteiger partial charge in [0.15, 0.2) is 0 Å². The quantitative estimate of drug-likeness (QED) is 0.410. The van der Waals surface area contributed by atoms with Crippen molar-refractivity contribution < 1.29 is 32.1 Å². The van der Waals surface area contributed by atoms with Crippen LogP contribution in [0.1, 0.15) is 38.6 Å². The molecule has 2 aliphatic heterocycles. The molecule has 13 heteroatoms. The Balaban J connectivity index is 1.10. The number of halogens is 4. The molecule has 0 radical (unpaired) electrons. The third kappa shape index (κ3) is 7.08. The Morgan fingerprint density at radius 3 is 2.56 bits per heavy atom. The summed E-state index contributed by atoms with van der Waals surface area (Å²) >= 11 is 6.55. The van der Waals surface area contributed by atoms with Crippen molar-refractivity contribution in [3.63, 3.8) is 0 Å². The number of hydrogen-bond donors (Lipinski definition) is 1. The van der Waals surface area contributed by atoms with Crippen LogP contribution in [0.3, 0.4) is 0 Å². The van der Waals surface area contributed by atoms with Crippen molar-refractivity contribution in [3.8, 4) is 5.75 Å². The van der Waals surface area contributed by atoms with Gasteiger partial charge in [0, 0.05) is 37.3 Å². The van der Waals surface area contributed by atoms with Gasteiger partial charge in [-0.3, -0.25) is 4.79 Å². The van der Waals surface area contributed by atoms with Crippen molar-refractivity contribution >= 4 is 23.0 Å². The lowest BCUT2D eigenvalue weighted by atomic mass is 9.89. The number of hydrogen-bond acceptors (Lipinski definition) is 8. The maximum Gasteiger partial charge on any atom is 0.573 e. The zero-order valence-electron chi connectivity index (χ0n) is 24.1. The van der Waals surface area contributed by atoms with E-state index >= 15 is 0 Å². The highest BCUT2D eigenvalue weighted by atomic mass is 35.5. The standard InChI is InChI=1S/C30H38ClF3N4O5/c1-18-25-17-41-15-19(27(18)25)12-35-26-13-36-38(29(39)28(26)31)22-4-2-20(3-5-22)37(14-24-16-40-10-11-42-24)21-6-8-23(9-7-21)43-30(32,33)34/h6-9,13,18-20,22,24-25,27,35H,2-5,10-12,14-17H2,1H3/t18-,19+,20?,22?,24+,25+,27+/m0/s1. The molecule has 1 aromatic carbocycles. The molecule has 2 aromatic rings. The normalized spacial score (nSPS) is 30.8. The van der Waals surface area contributed by atoms with Gasteiger partial charge in [-0.25, -0.2) is 4.68 Å². The van der Waals surface area contributed by atoms with Crippen LogP contribution >= 0.6 is 11.6 Å². The molecule has 2 saturated carbocycles. The molecule has 2 saturated heterocycles. The van der Waals surface area contributed by atoms with Crippen molar-refractivity contribution in [1.82, 2.24) is 9.78 Å². The van der Waals surface area contributed by atoms with Gasteiger partial charge < -0.3 is 29.2 Å². The Morgan fingerprint density at radius 1 is 1.09 bits per heavy atom. The number of nitrogens with zero attached hydrogens (tertiary/aromatic N) is 3. The molecule has 0 spiro atoms. The fraction of sp³-hybridized carbons (Fsp3) is 0.667. The Kier molecular flexibility index (Phi) is 9.09. The number of anilines is 2. The molecule has 4 fully saturated rings. The van der Waals surface area contributed by atoms with E-state index in [0.29, 0.717) is 81.7 Å². The zero-order valence-corrected chi connectivity index (χ0v) is 24.9. The van der Waals surface area contributed by atoms with Crippen LogP contribution < -0.4 is 20.5 Å². The van der Waals surface area contributed by atoms with Gasteiger partial charge in [-0.1, -0.05) is 18.5 Å². The first kappa shape index (κ1) is 30.5. The summed E-state index contributed by atoms with van der Waals surface area (Å²) < 4.78 is 60.8. The van der Waals surface area contributed by atoms with Gasteiger partial charge in [0.1, 0.15) is 10.8 Å². The number of ether oxygens (including phenoxy) is 4. The van der Waals surface area contributed by atoms with Crippen LogP contribution in [0.5, 0.6) is 5.75 Å². The van der Waals surface area contributed by atoms with E-state index in [1.807, 2.05) is 0 Å². The van der Waals surface area contributed by atoms with Crippen LogP contribution in [0, 0.1) is 23.7 Å². The predicted octanol–water partition coefficient (Wildman–Crippen LogP) is 5.14. The Bertz CT molecular complexity index is 1300. The van der Waals surface area contributed by atoms with Crippen LogP contribution in [0.4, 0.5) is 24.5 Å². The van der Waals surface area contributed by atoms with E-state index in [1.165, 1.54) is 16.8 Å². The van der Waals surface area contributed by atoms with Crippen LogP contribution in [0.25, 0.3) is 0 Å². The van der Waals surface area contributed by atoms with E-state index in [0.717, 1.165) is 25.1 Å². The molecule has 0 unspecified atom stereocenters. The number of alkyl halides is 3. The molecule has 236 valence electrons. The van der Waals surface area contributed by atoms with Gasteiger partial charge in [0.05, 0.1) is 50.5 Å². The van der Waals surface area contributed by atoms with Gasteiger partial charge >= 0.3 is 6.36 Å². The summed E-state index contributed by atoms with van der Waals surface area (Å²) in [5.74, 6) is 2.10. The Labute approximate surface area is 253 Å². The number of benzene rings is 1.